The van der Waals surface area contributed by atoms with Crippen LogP contribution >= 0.6 is 0 Å². The number of nitrogens with zero attached hydrogens (tertiary/aromatic N) is 1. The van der Waals surface area contributed by atoms with E-state index >= 15 is 0 Å². The lowest BCUT2D eigenvalue weighted by Gasteiger charge is -2.40. The van der Waals surface area contributed by atoms with E-state index in [-0.39, 0.29) is 17.9 Å². The van der Waals surface area contributed by atoms with Crippen molar-refractivity contribution in [3.05, 3.63) is 24.2 Å². The summed E-state index contributed by atoms with van der Waals surface area (Å²) in [5, 5.41) is 2.95. The number of amides is 1. The lowest BCUT2D eigenvalue weighted by Crippen LogP contribution is -2.52. The van der Waals surface area contributed by atoms with Crippen molar-refractivity contribution in [2.45, 2.75) is 31.5 Å². The monoisotopic (exact) mass is 308 g/mol. The second kappa shape index (κ2) is 7.26. The zero-order valence-corrected chi connectivity index (χ0v) is 13.0. The summed E-state index contributed by atoms with van der Waals surface area (Å²) >= 11 is 0. The molecule has 0 saturated carbocycles. The van der Waals surface area contributed by atoms with Gasteiger partial charge in [0, 0.05) is 45.0 Å². The molecule has 3 atom stereocenters. The van der Waals surface area contributed by atoms with Crippen LogP contribution in [-0.4, -0.2) is 56.4 Å². The van der Waals surface area contributed by atoms with E-state index in [0.717, 1.165) is 38.1 Å². The highest BCUT2D eigenvalue weighted by atomic mass is 16.5. The highest BCUT2D eigenvalue weighted by molar-refractivity contribution is 5.79. The number of furan rings is 1. The third-order valence-electron chi connectivity index (χ3n) is 4.56. The molecule has 0 aromatic carbocycles. The van der Waals surface area contributed by atoms with Crippen molar-refractivity contribution in [1.29, 1.82) is 0 Å². The fourth-order valence-electron chi connectivity index (χ4n) is 3.46. The Balaban J connectivity index is 1.62. The fourth-order valence-corrected chi connectivity index (χ4v) is 3.46. The van der Waals surface area contributed by atoms with Crippen LogP contribution in [0.3, 0.4) is 0 Å². The zero-order valence-electron chi connectivity index (χ0n) is 13.0. The summed E-state index contributed by atoms with van der Waals surface area (Å²) < 4.78 is 16.0. The van der Waals surface area contributed by atoms with E-state index in [1.165, 1.54) is 0 Å². The van der Waals surface area contributed by atoms with E-state index < -0.39 is 0 Å². The Kier molecular flexibility index (Phi) is 5.12. The van der Waals surface area contributed by atoms with Crippen LogP contribution in [0.1, 0.15) is 18.4 Å². The first-order valence-corrected chi connectivity index (χ1v) is 7.91. The van der Waals surface area contributed by atoms with Crippen LogP contribution in [0.2, 0.25) is 0 Å². The molecule has 2 saturated heterocycles. The SMILES string of the molecule is COCCNC(=O)[C@H]1C[C@H]2OCC[C@H]2N(Cc2ccoc2)C1. The van der Waals surface area contributed by atoms with Crippen LogP contribution in [-0.2, 0) is 20.8 Å². The third kappa shape index (κ3) is 3.51. The minimum Gasteiger partial charge on any atom is -0.472 e. The maximum Gasteiger partial charge on any atom is 0.224 e. The predicted molar refractivity (Wildman–Crippen MR) is 80.3 cm³/mol. The highest BCUT2D eigenvalue weighted by Crippen LogP contribution is 2.32. The second-order valence-corrected chi connectivity index (χ2v) is 6.04. The molecule has 6 heteroatoms. The third-order valence-corrected chi connectivity index (χ3v) is 4.56. The summed E-state index contributed by atoms with van der Waals surface area (Å²) in [6, 6.07) is 2.39. The van der Waals surface area contributed by atoms with Crippen molar-refractivity contribution in [3.8, 4) is 0 Å². The number of carbonyl (C=O) groups excluding carboxylic acids is 1. The Morgan fingerprint density at radius 3 is 3.23 bits per heavy atom. The van der Waals surface area contributed by atoms with Gasteiger partial charge in [0.2, 0.25) is 5.91 Å². The van der Waals surface area contributed by atoms with Crippen molar-refractivity contribution in [3.63, 3.8) is 0 Å². The van der Waals surface area contributed by atoms with Gasteiger partial charge in [-0.2, -0.15) is 0 Å². The molecule has 3 heterocycles. The van der Waals surface area contributed by atoms with Gasteiger partial charge in [0.1, 0.15) is 0 Å². The van der Waals surface area contributed by atoms with E-state index in [2.05, 4.69) is 10.2 Å². The molecule has 0 aliphatic carbocycles. The van der Waals surface area contributed by atoms with Gasteiger partial charge in [-0.25, -0.2) is 0 Å². The number of piperidine rings is 1. The van der Waals surface area contributed by atoms with Crippen molar-refractivity contribution in [2.24, 2.45) is 5.92 Å². The van der Waals surface area contributed by atoms with Gasteiger partial charge in [0.25, 0.3) is 0 Å². The maximum absolute atomic E-state index is 12.3. The van der Waals surface area contributed by atoms with Gasteiger partial charge < -0.3 is 19.2 Å². The fraction of sp³-hybridized carbons (Fsp3) is 0.688. The second-order valence-electron chi connectivity index (χ2n) is 6.04. The van der Waals surface area contributed by atoms with Gasteiger partial charge in [-0.15, -0.1) is 0 Å². The van der Waals surface area contributed by atoms with Crippen LogP contribution in [0.15, 0.2) is 23.0 Å². The van der Waals surface area contributed by atoms with Crippen molar-refractivity contribution >= 4 is 5.91 Å². The van der Waals surface area contributed by atoms with Gasteiger partial charge in [0.15, 0.2) is 0 Å². The molecule has 1 N–H and O–H groups in total. The number of methoxy groups -OCH3 is 1. The molecule has 3 rings (SSSR count). The molecular weight excluding hydrogens is 284 g/mol. The number of hydrogen-bond acceptors (Lipinski definition) is 5. The van der Waals surface area contributed by atoms with Crippen LogP contribution in [0.5, 0.6) is 0 Å². The molecule has 0 radical (unpaired) electrons. The van der Waals surface area contributed by atoms with Crippen LogP contribution in [0, 0.1) is 5.92 Å². The Bertz CT molecular complexity index is 477. The number of carbonyl (C=O) groups is 1. The number of rotatable bonds is 6. The molecule has 1 aromatic rings. The van der Waals surface area contributed by atoms with E-state index in [1.54, 1.807) is 19.6 Å². The highest BCUT2D eigenvalue weighted by Gasteiger charge is 2.42. The smallest absolute Gasteiger partial charge is 0.224 e. The minimum atomic E-state index is -0.0249. The lowest BCUT2D eigenvalue weighted by molar-refractivity contribution is -0.130. The van der Waals surface area contributed by atoms with Crippen molar-refractivity contribution in [1.82, 2.24) is 10.2 Å². The Morgan fingerprint density at radius 1 is 1.55 bits per heavy atom. The summed E-state index contributed by atoms with van der Waals surface area (Å²) in [5.74, 6) is 0.0753. The first-order valence-electron chi connectivity index (χ1n) is 7.91. The van der Waals surface area contributed by atoms with Gasteiger partial charge in [0.05, 0.1) is 31.2 Å². The molecule has 2 aliphatic rings. The molecule has 1 aromatic heterocycles. The largest absolute Gasteiger partial charge is 0.472 e. The van der Waals surface area contributed by atoms with Gasteiger partial charge in [-0.05, 0) is 18.9 Å². The lowest BCUT2D eigenvalue weighted by atomic mass is 9.89. The normalized spacial score (nSPS) is 28.5. The van der Waals surface area contributed by atoms with E-state index in [9.17, 15) is 4.79 Å². The number of hydrogen-bond donors (Lipinski definition) is 1. The molecule has 1 amide bonds. The average molecular weight is 308 g/mol. The average Bonchev–Trinajstić information content (AvgIpc) is 3.18. The number of likely N-dealkylation sites (tertiary alicyclic amines) is 1. The van der Waals surface area contributed by atoms with Crippen LogP contribution < -0.4 is 5.32 Å². The summed E-state index contributed by atoms with van der Waals surface area (Å²) in [4.78, 5) is 14.7. The Labute approximate surface area is 130 Å². The molecule has 2 fully saturated rings. The number of nitrogens with one attached hydrogen (secondary N) is 1. The molecular formula is C16H24N2O4. The summed E-state index contributed by atoms with van der Waals surface area (Å²) in [6.45, 7) is 3.47. The topological polar surface area (TPSA) is 63.9 Å². The molecule has 0 bridgehead atoms. The Morgan fingerprint density at radius 2 is 2.45 bits per heavy atom. The molecule has 6 nitrogen and oxygen atoms in total. The minimum absolute atomic E-state index is 0.0249. The quantitative estimate of drug-likeness (QED) is 0.795. The maximum atomic E-state index is 12.3. The van der Waals surface area contributed by atoms with Crippen molar-refractivity contribution in [2.75, 3.05) is 33.4 Å². The van der Waals surface area contributed by atoms with Crippen molar-refractivity contribution < 1.29 is 18.7 Å². The summed E-state index contributed by atoms with van der Waals surface area (Å²) in [5.41, 5.74) is 1.14. The molecule has 2 aliphatic heterocycles. The van der Waals surface area contributed by atoms with Gasteiger partial charge in [-0.3, -0.25) is 9.69 Å². The zero-order chi connectivity index (χ0) is 15.4. The molecule has 0 spiro atoms. The van der Waals surface area contributed by atoms with E-state index in [4.69, 9.17) is 13.9 Å². The first-order chi connectivity index (χ1) is 10.8. The Hall–Kier alpha value is -1.37. The summed E-state index contributed by atoms with van der Waals surface area (Å²) in [7, 11) is 1.64. The van der Waals surface area contributed by atoms with E-state index in [0.29, 0.717) is 19.2 Å². The summed E-state index contributed by atoms with van der Waals surface area (Å²) in [6.07, 6.45) is 5.48. The van der Waals surface area contributed by atoms with Gasteiger partial charge in [-0.1, -0.05) is 0 Å². The molecule has 0 unspecified atom stereocenters. The first kappa shape index (κ1) is 15.5. The molecule has 122 valence electrons. The molecule has 22 heavy (non-hydrogen) atoms. The number of fused-ring (bicyclic) bond motifs is 1. The number of ether oxygens (including phenoxy) is 2. The van der Waals surface area contributed by atoms with E-state index in [1.807, 2.05) is 6.07 Å². The van der Waals surface area contributed by atoms with Gasteiger partial charge >= 0.3 is 0 Å². The predicted octanol–water partition coefficient (Wildman–Crippen LogP) is 1.02. The van der Waals surface area contributed by atoms with Crippen LogP contribution in [0.4, 0.5) is 0 Å². The standard InChI is InChI=1S/C16H24N2O4/c1-20-7-4-17-16(19)13-8-15-14(3-6-22-15)18(10-13)9-12-2-5-21-11-12/h2,5,11,13-15H,3-4,6-10H2,1H3,(H,17,19)/t13-,14+,15+/m0/s1. The van der Waals surface area contributed by atoms with Crippen LogP contribution in [0.25, 0.3) is 0 Å².